The van der Waals surface area contributed by atoms with Crippen LogP contribution in [0.2, 0.25) is 0 Å². The summed E-state index contributed by atoms with van der Waals surface area (Å²) in [6.07, 6.45) is 0. The summed E-state index contributed by atoms with van der Waals surface area (Å²) in [6, 6.07) is 8.12. The number of hydrogen-bond acceptors (Lipinski definition) is 2. The van der Waals surface area contributed by atoms with Gasteiger partial charge in [0.05, 0.1) is 0 Å². The molecular weight excluding hydrogens is 186 g/mol. The molecular formula is C13H23NO. The molecule has 2 heteroatoms. The van der Waals surface area contributed by atoms with Gasteiger partial charge in [-0.05, 0) is 38.7 Å². The van der Waals surface area contributed by atoms with Gasteiger partial charge >= 0.3 is 0 Å². The van der Waals surface area contributed by atoms with Crippen molar-refractivity contribution in [2.75, 3.05) is 27.2 Å². The maximum Gasteiger partial charge on any atom is 0.119 e. The maximum atomic E-state index is 5.56. The molecule has 0 saturated carbocycles. The lowest BCUT2D eigenvalue weighted by molar-refractivity contribution is 0.261. The third-order valence-electron chi connectivity index (χ3n) is 1.80. The van der Waals surface area contributed by atoms with Crippen LogP contribution < -0.4 is 4.74 Å². The van der Waals surface area contributed by atoms with Crippen molar-refractivity contribution < 1.29 is 4.74 Å². The zero-order chi connectivity index (χ0) is 11.7. The molecule has 0 aliphatic carbocycles. The van der Waals surface area contributed by atoms with Gasteiger partial charge in [0.15, 0.2) is 0 Å². The number of ether oxygens (including phenoxy) is 1. The van der Waals surface area contributed by atoms with Gasteiger partial charge < -0.3 is 9.64 Å². The Morgan fingerprint density at radius 3 is 2.40 bits per heavy atom. The molecule has 0 saturated heterocycles. The van der Waals surface area contributed by atoms with Gasteiger partial charge in [-0.25, -0.2) is 0 Å². The lowest BCUT2D eigenvalue weighted by Crippen LogP contribution is -2.19. The topological polar surface area (TPSA) is 12.5 Å². The van der Waals surface area contributed by atoms with E-state index in [2.05, 4.69) is 24.0 Å². The van der Waals surface area contributed by atoms with E-state index in [4.69, 9.17) is 4.74 Å². The van der Waals surface area contributed by atoms with Gasteiger partial charge in [0.2, 0.25) is 0 Å². The Labute approximate surface area is 93.9 Å². The van der Waals surface area contributed by atoms with Crippen LogP contribution in [0, 0.1) is 6.92 Å². The predicted octanol–water partition coefficient (Wildman–Crippen LogP) is 2.96. The van der Waals surface area contributed by atoms with E-state index in [1.54, 1.807) is 0 Å². The number of benzene rings is 1. The van der Waals surface area contributed by atoms with Crippen LogP contribution in [0.15, 0.2) is 24.3 Å². The van der Waals surface area contributed by atoms with Crippen molar-refractivity contribution in [3.05, 3.63) is 29.8 Å². The van der Waals surface area contributed by atoms with Crippen molar-refractivity contribution in [2.24, 2.45) is 0 Å². The highest BCUT2D eigenvalue weighted by Gasteiger charge is 1.94. The SMILES string of the molecule is CC.Cc1cccc(OCCN(C)C)c1. The first-order valence-corrected chi connectivity index (χ1v) is 5.52. The summed E-state index contributed by atoms with van der Waals surface area (Å²) in [4.78, 5) is 2.11. The van der Waals surface area contributed by atoms with E-state index in [1.165, 1.54) is 5.56 Å². The molecule has 0 unspecified atom stereocenters. The normalized spacial score (nSPS) is 9.47. The predicted molar refractivity (Wildman–Crippen MR) is 66.6 cm³/mol. The number of hydrogen-bond donors (Lipinski definition) is 0. The zero-order valence-corrected chi connectivity index (χ0v) is 10.6. The van der Waals surface area contributed by atoms with Crippen molar-refractivity contribution in [1.29, 1.82) is 0 Å². The second-order valence-corrected chi connectivity index (χ2v) is 3.47. The van der Waals surface area contributed by atoms with Crippen molar-refractivity contribution >= 4 is 0 Å². The van der Waals surface area contributed by atoms with E-state index in [0.717, 1.165) is 18.9 Å². The Balaban J connectivity index is 0.000000921. The van der Waals surface area contributed by atoms with Crippen LogP contribution in [0.25, 0.3) is 0 Å². The Hall–Kier alpha value is -1.02. The van der Waals surface area contributed by atoms with E-state index in [0.29, 0.717) is 0 Å². The average molecular weight is 209 g/mol. The molecule has 86 valence electrons. The molecule has 1 aromatic rings. The largest absolute Gasteiger partial charge is 0.492 e. The first-order chi connectivity index (χ1) is 7.18. The van der Waals surface area contributed by atoms with Gasteiger partial charge in [-0.3, -0.25) is 0 Å². The van der Waals surface area contributed by atoms with Crippen LogP contribution in [-0.2, 0) is 0 Å². The van der Waals surface area contributed by atoms with Gasteiger partial charge in [0, 0.05) is 6.54 Å². The first-order valence-electron chi connectivity index (χ1n) is 5.52. The van der Waals surface area contributed by atoms with Crippen molar-refractivity contribution in [3.63, 3.8) is 0 Å². The van der Waals surface area contributed by atoms with E-state index in [9.17, 15) is 0 Å². The zero-order valence-electron chi connectivity index (χ0n) is 10.6. The van der Waals surface area contributed by atoms with Crippen molar-refractivity contribution in [3.8, 4) is 5.75 Å². The fraction of sp³-hybridized carbons (Fsp3) is 0.538. The van der Waals surface area contributed by atoms with Crippen molar-refractivity contribution in [1.82, 2.24) is 4.90 Å². The summed E-state index contributed by atoms with van der Waals surface area (Å²) in [5.74, 6) is 0.960. The molecule has 0 aromatic heterocycles. The molecule has 0 radical (unpaired) electrons. The highest BCUT2D eigenvalue weighted by Crippen LogP contribution is 2.11. The monoisotopic (exact) mass is 209 g/mol. The molecule has 0 atom stereocenters. The van der Waals surface area contributed by atoms with Crippen LogP contribution in [-0.4, -0.2) is 32.1 Å². The molecule has 0 spiro atoms. The van der Waals surface area contributed by atoms with Gasteiger partial charge in [0.25, 0.3) is 0 Å². The lowest BCUT2D eigenvalue weighted by atomic mass is 10.2. The summed E-state index contributed by atoms with van der Waals surface area (Å²) in [5, 5.41) is 0. The van der Waals surface area contributed by atoms with Gasteiger partial charge in [-0.2, -0.15) is 0 Å². The molecule has 1 rings (SSSR count). The maximum absolute atomic E-state index is 5.56. The highest BCUT2D eigenvalue weighted by molar-refractivity contribution is 5.27. The third-order valence-corrected chi connectivity index (χ3v) is 1.80. The summed E-state index contributed by atoms with van der Waals surface area (Å²) in [6.45, 7) is 7.77. The Bertz CT molecular complexity index is 258. The lowest BCUT2D eigenvalue weighted by Gasteiger charge is -2.10. The molecule has 0 aliphatic heterocycles. The molecule has 0 N–H and O–H groups in total. The van der Waals surface area contributed by atoms with Crippen LogP contribution in [0.1, 0.15) is 19.4 Å². The molecule has 0 heterocycles. The summed E-state index contributed by atoms with van der Waals surface area (Å²) >= 11 is 0. The number of nitrogens with zero attached hydrogens (tertiary/aromatic N) is 1. The van der Waals surface area contributed by atoms with Crippen molar-refractivity contribution in [2.45, 2.75) is 20.8 Å². The Kier molecular flexibility index (Phi) is 7.74. The van der Waals surface area contributed by atoms with E-state index in [-0.39, 0.29) is 0 Å². The van der Waals surface area contributed by atoms with Gasteiger partial charge in [-0.1, -0.05) is 26.0 Å². The van der Waals surface area contributed by atoms with Crippen LogP contribution in [0.5, 0.6) is 5.75 Å². The summed E-state index contributed by atoms with van der Waals surface area (Å²) in [5.41, 5.74) is 1.24. The second kappa shape index (κ2) is 8.30. The molecule has 1 aromatic carbocycles. The second-order valence-electron chi connectivity index (χ2n) is 3.47. The van der Waals surface area contributed by atoms with E-state index < -0.39 is 0 Å². The van der Waals surface area contributed by atoms with Crippen LogP contribution in [0.4, 0.5) is 0 Å². The molecule has 2 nitrogen and oxygen atoms in total. The van der Waals surface area contributed by atoms with E-state index >= 15 is 0 Å². The number of likely N-dealkylation sites (N-methyl/N-ethyl adjacent to an activating group) is 1. The standard InChI is InChI=1S/C11H17NO.C2H6/c1-10-5-4-6-11(9-10)13-8-7-12(2)3;1-2/h4-6,9H,7-8H2,1-3H3;1-2H3. The fourth-order valence-corrected chi connectivity index (χ4v) is 1.05. The molecule has 15 heavy (non-hydrogen) atoms. The van der Waals surface area contributed by atoms with Gasteiger partial charge in [0.1, 0.15) is 12.4 Å². The minimum atomic E-state index is 0.746. The summed E-state index contributed by atoms with van der Waals surface area (Å²) in [7, 11) is 4.08. The number of aryl methyl sites for hydroxylation is 1. The highest BCUT2D eigenvalue weighted by atomic mass is 16.5. The molecule has 0 aliphatic rings. The quantitative estimate of drug-likeness (QED) is 0.756. The van der Waals surface area contributed by atoms with E-state index in [1.807, 2.05) is 40.1 Å². The molecule has 0 bridgehead atoms. The smallest absolute Gasteiger partial charge is 0.119 e. The minimum Gasteiger partial charge on any atom is -0.492 e. The Morgan fingerprint density at radius 2 is 1.87 bits per heavy atom. The summed E-state index contributed by atoms with van der Waals surface area (Å²) < 4.78 is 5.56. The minimum absolute atomic E-state index is 0.746. The third kappa shape index (κ3) is 6.97. The molecule has 0 amide bonds. The average Bonchev–Trinajstić information content (AvgIpc) is 2.20. The first kappa shape index (κ1) is 14.0. The van der Waals surface area contributed by atoms with Gasteiger partial charge in [-0.15, -0.1) is 0 Å². The Morgan fingerprint density at radius 1 is 1.20 bits per heavy atom. The molecule has 0 fully saturated rings. The van der Waals surface area contributed by atoms with Crippen LogP contribution in [0.3, 0.4) is 0 Å². The van der Waals surface area contributed by atoms with Crippen LogP contribution >= 0.6 is 0 Å². The number of rotatable bonds is 4. The fourth-order valence-electron chi connectivity index (χ4n) is 1.05.